The van der Waals surface area contributed by atoms with Gasteiger partial charge in [0.2, 0.25) is 0 Å². The van der Waals surface area contributed by atoms with Gasteiger partial charge in [0, 0.05) is 11.9 Å². The van der Waals surface area contributed by atoms with E-state index in [-0.39, 0.29) is 0 Å². The summed E-state index contributed by atoms with van der Waals surface area (Å²) in [6.07, 6.45) is 1.58. The van der Waals surface area contributed by atoms with Crippen molar-refractivity contribution in [3.63, 3.8) is 0 Å². The Morgan fingerprint density at radius 3 is 2.25 bits per heavy atom. The maximum Gasteiger partial charge on any atom is 0.0195 e. The van der Waals surface area contributed by atoms with Gasteiger partial charge >= 0.3 is 0 Å². The molecule has 1 heteroatoms. The maximum absolute atomic E-state index is 4.00. The second-order valence-electron chi connectivity index (χ2n) is 2.11. The zero-order chi connectivity index (χ0) is 6.57. The molecule has 0 aromatic carbocycles. The molecule has 0 aliphatic rings. The molecule has 0 saturated heterocycles. The molecular weight excluding hydrogens is 98.1 g/mol. The summed E-state index contributed by atoms with van der Waals surface area (Å²) in [5.41, 5.74) is 1.14. The van der Waals surface area contributed by atoms with E-state index in [1.807, 2.05) is 6.92 Å². The van der Waals surface area contributed by atoms with Gasteiger partial charge in [-0.05, 0) is 12.8 Å². The van der Waals surface area contributed by atoms with Crippen LogP contribution in [0.15, 0.2) is 17.8 Å². The fourth-order valence-corrected chi connectivity index (χ4v) is 0.293. The average molecular weight is 111 g/mol. The van der Waals surface area contributed by atoms with E-state index < -0.39 is 0 Å². The van der Waals surface area contributed by atoms with E-state index in [0.717, 1.165) is 5.71 Å². The van der Waals surface area contributed by atoms with Crippen LogP contribution in [0.2, 0.25) is 0 Å². The van der Waals surface area contributed by atoms with Crippen LogP contribution in [0.25, 0.3) is 0 Å². The third-order valence-corrected chi connectivity index (χ3v) is 1.13. The van der Waals surface area contributed by atoms with Crippen LogP contribution in [0.3, 0.4) is 0 Å². The van der Waals surface area contributed by atoms with Crippen molar-refractivity contribution >= 4 is 5.71 Å². The highest BCUT2D eigenvalue weighted by atomic mass is 14.7. The number of hydrogen-bond donors (Lipinski definition) is 0. The van der Waals surface area contributed by atoms with Gasteiger partial charge in [0.15, 0.2) is 0 Å². The monoisotopic (exact) mass is 111 g/mol. The van der Waals surface area contributed by atoms with Crippen molar-refractivity contribution in [3.8, 4) is 0 Å². The van der Waals surface area contributed by atoms with E-state index in [4.69, 9.17) is 0 Å². The Hall–Kier alpha value is -0.590. The lowest BCUT2D eigenvalue weighted by atomic mass is 10.1. The molecule has 0 fully saturated rings. The molecule has 0 saturated carbocycles. The molecule has 0 aliphatic carbocycles. The first kappa shape index (κ1) is 7.41. The van der Waals surface area contributed by atoms with E-state index in [9.17, 15) is 0 Å². The zero-order valence-corrected chi connectivity index (χ0v) is 5.81. The van der Waals surface area contributed by atoms with E-state index >= 15 is 0 Å². The van der Waals surface area contributed by atoms with E-state index in [2.05, 4.69) is 25.4 Å². The van der Waals surface area contributed by atoms with E-state index in [1.54, 1.807) is 6.20 Å². The molecule has 0 amide bonds. The second kappa shape index (κ2) is 3.42. The fourth-order valence-electron chi connectivity index (χ4n) is 0.293. The molecule has 0 unspecified atom stereocenters. The molecule has 0 heterocycles. The van der Waals surface area contributed by atoms with Crippen LogP contribution in [0.4, 0.5) is 0 Å². The lowest BCUT2D eigenvalue weighted by Crippen LogP contribution is -1.99. The Kier molecular flexibility index (Phi) is 3.16. The SMILES string of the molecule is C=CN=C(C)C(C)C. The van der Waals surface area contributed by atoms with Crippen LogP contribution in [0.5, 0.6) is 0 Å². The molecule has 0 bridgehead atoms. The average Bonchev–Trinajstić information content (AvgIpc) is 1.67. The lowest BCUT2D eigenvalue weighted by molar-refractivity contribution is 0.878. The van der Waals surface area contributed by atoms with Crippen LogP contribution in [0.1, 0.15) is 20.8 Å². The molecule has 1 nitrogen and oxygen atoms in total. The smallest absolute Gasteiger partial charge is 0.0195 e. The van der Waals surface area contributed by atoms with Crippen LogP contribution in [-0.4, -0.2) is 5.71 Å². The highest BCUT2D eigenvalue weighted by molar-refractivity contribution is 5.84. The van der Waals surface area contributed by atoms with Gasteiger partial charge in [0.25, 0.3) is 0 Å². The van der Waals surface area contributed by atoms with Gasteiger partial charge in [0.1, 0.15) is 0 Å². The van der Waals surface area contributed by atoms with Crippen molar-refractivity contribution in [3.05, 3.63) is 12.8 Å². The first-order valence-corrected chi connectivity index (χ1v) is 2.83. The highest BCUT2D eigenvalue weighted by Crippen LogP contribution is 1.95. The molecule has 0 aliphatic heterocycles. The number of hydrogen-bond acceptors (Lipinski definition) is 1. The Balaban J connectivity index is 3.78. The molecule has 0 aromatic rings. The zero-order valence-electron chi connectivity index (χ0n) is 5.81. The normalized spacial score (nSPS) is 12.2. The molecule has 0 N–H and O–H groups in total. The Bertz CT molecular complexity index is 101. The van der Waals surface area contributed by atoms with E-state index in [0.29, 0.717) is 5.92 Å². The largest absolute Gasteiger partial charge is 0.266 e. The number of rotatable bonds is 2. The quantitative estimate of drug-likeness (QED) is 0.484. The predicted octanol–water partition coefficient (Wildman–Crippen LogP) is 2.25. The van der Waals surface area contributed by atoms with Crippen molar-refractivity contribution in [1.29, 1.82) is 0 Å². The second-order valence-corrected chi connectivity index (χ2v) is 2.11. The summed E-state index contributed by atoms with van der Waals surface area (Å²) in [6, 6.07) is 0. The van der Waals surface area contributed by atoms with E-state index in [1.165, 1.54) is 0 Å². The van der Waals surface area contributed by atoms with Crippen molar-refractivity contribution < 1.29 is 0 Å². The number of nitrogens with zero attached hydrogens (tertiary/aromatic N) is 1. The molecule has 0 atom stereocenters. The van der Waals surface area contributed by atoms with Gasteiger partial charge in [-0.1, -0.05) is 20.4 Å². The summed E-state index contributed by atoms with van der Waals surface area (Å²) < 4.78 is 0. The predicted molar refractivity (Wildman–Crippen MR) is 38.1 cm³/mol. The standard InChI is InChI=1S/C7H13N/c1-5-8-7(4)6(2)3/h5-6H,1H2,2-4H3. The maximum atomic E-state index is 4.00. The molecule has 8 heavy (non-hydrogen) atoms. The Morgan fingerprint density at radius 1 is 1.62 bits per heavy atom. The lowest BCUT2D eigenvalue weighted by Gasteiger charge is -1.99. The van der Waals surface area contributed by atoms with Crippen molar-refractivity contribution in [2.45, 2.75) is 20.8 Å². The molecule has 0 aromatic heterocycles. The van der Waals surface area contributed by atoms with Gasteiger partial charge in [-0.3, -0.25) is 4.99 Å². The first-order chi connectivity index (χ1) is 3.68. The van der Waals surface area contributed by atoms with Gasteiger partial charge in [-0.15, -0.1) is 0 Å². The van der Waals surface area contributed by atoms with Crippen LogP contribution in [-0.2, 0) is 0 Å². The summed E-state index contributed by atoms with van der Waals surface area (Å²) >= 11 is 0. The number of aliphatic imine (C=N–C) groups is 1. The van der Waals surface area contributed by atoms with Gasteiger partial charge in [-0.25, -0.2) is 0 Å². The summed E-state index contributed by atoms with van der Waals surface area (Å²) in [5, 5.41) is 0. The molecular formula is C7H13N. The summed E-state index contributed by atoms with van der Waals surface area (Å²) in [5.74, 6) is 0.549. The fraction of sp³-hybridized carbons (Fsp3) is 0.571. The minimum absolute atomic E-state index is 0.549. The molecule has 0 radical (unpaired) electrons. The third kappa shape index (κ3) is 2.56. The van der Waals surface area contributed by atoms with Crippen LogP contribution >= 0.6 is 0 Å². The van der Waals surface area contributed by atoms with Crippen molar-refractivity contribution in [1.82, 2.24) is 0 Å². The topological polar surface area (TPSA) is 12.4 Å². The van der Waals surface area contributed by atoms with Crippen LogP contribution < -0.4 is 0 Å². The summed E-state index contributed by atoms with van der Waals surface area (Å²) in [4.78, 5) is 4.00. The minimum Gasteiger partial charge on any atom is -0.266 e. The van der Waals surface area contributed by atoms with Crippen LogP contribution in [0, 0.1) is 5.92 Å². The Morgan fingerprint density at radius 2 is 2.12 bits per heavy atom. The van der Waals surface area contributed by atoms with Gasteiger partial charge < -0.3 is 0 Å². The van der Waals surface area contributed by atoms with Crippen molar-refractivity contribution in [2.24, 2.45) is 10.9 Å². The first-order valence-electron chi connectivity index (χ1n) is 2.83. The van der Waals surface area contributed by atoms with Crippen molar-refractivity contribution in [2.75, 3.05) is 0 Å². The van der Waals surface area contributed by atoms with Gasteiger partial charge in [-0.2, -0.15) is 0 Å². The molecule has 0 rings (SSSR count). The minimum atomic E-state index is 0.549. The molecule has 46 valence electrons. The summed E-state index contributed by atoms with van der Waals surface area (Å²) in [6.45, 7) is 9.73. The Labute approximate surface area is 51.1 Å². The third-order valence-electron chi connectivity index (χ3n) is 1.13. The van der Waals surface area contributed by atoms with Gasteiger partial charge in [0.05, 0.1) is 0 Å². The molecule has 0 spiro atoms. The summed E-state index contributed by atoms with van der Waals surface area (Å²) in [7, 11) is 0. The highest BCUT2D eigenvalue weighted by Gasteiger charge is 1.93.